The van der Waals surface area contributed by atoms with Gasteiger partial charge in [-0.25, -0.2) is 0 Å². The maximum atomic E-state index is 8.68. The van der Waals surface area contributed by atoms with E-state index in [9.17, 15) is 0 Å². The van der Waals surface area contributed by atoms with Gasteiger partial charge in [-0.3, -0.25) is 0 Å². The van der Waals surface area contributed by atoms with Crippen molar-refractivity contribution in [1.29, 1.82) is 0 Å². The van der Waals surface area contributed by atoms with Crippen LogP contribution in [0.5, 0.6) is 5.75 Å². The molecule has 0 aliphatic heterocycles. The highest BCUT2D eigenvalue weighted by Crippen LogP contribution is 2.13. The van der Waals surface area contributed by atoms with Gasteiger partial charge in [-0.1, -0.05) is 44.7 Å². The summed E-state index contributed by atoms with van der Waals surface area (Å²) in [6.07, 6.45) is 6.33. The number of aliphatic hydroxyl groups excluding tert-OH is 1. The molecule has 0 aliphatic rings. The summed E-state index contributed by atoms with van der Waals surface area (Å²) in [6.45, 7) is 4.65. The summed E-state index contributed by atoms with van der Waals surface area (Å²) in [7, 11) is 0. The third kappa shape index (κ3) is 7.85. The van der Waals surface area contributed by atoms with E-state index >= 15 is 0 Å². The molecule has 1 rings (SSSR count). The maximum Gasteiger partial charge on any atom is 0.119 e. The molecule has 0 heterocycles. The van der Waals surface area contributed by atoms with E-state index in [0.29, 0.717) is 6.54 Å². The quantitative estimate of drug-likeness (QED) is 0.604. The van der Waals surface area contributed by atoms with Crippen LogP contribution >= 0.6 is 0 Å². The zero-order chi connectivity index (χ0) is 13.8. The minimum atomic E-state index is 0.180. The molecule has 0 radical (unpaired) electrons. The molecular weight excluding hydrogens is 238 g/mol. The summed E-state index contributed by atoms with van der Waals surface area (Å²) in [5.74, 6) is 0.946. The summed E-state index contributed by atoms with van der Waals surface area (Å²) >= 11 is 0. The lowest BCUT2D eigenvalue weighted by Gasteiger charge is -2.07. The van der Waals surface area contributed by atoms with Crippen molar-refractivity contribution < 1.29 is 9.84 Å². The van der Waals surface area contributed by atoms with Crippen LogP contribution < -0.4 is 10.1 Å². The van der Waals surface area contributed by atoms with Crippen molar-refractivity contribution in [2.75, 3.05) is 19.8 Å². The monoisotopic (exact) mass is 265 g/mol. The minimum Gasteiger partial charge on any atom is -0.494 e. The van der Waals surface area contributed by atoms with Crippen molar-refractivity contribution in [3.8, 4) is 5.75 Å². The Morgan fingerprint density at radius 1 is 1.05 bits per heavy atom. The molecule has 108 valence electrons. The van der Waals surface area contributed by atoms with Gasteiger partial charge in [0.15, 0.2) is 0 Å². The van der Waals surface area contributed by atoms with Gasteiger partial charge in [0.2, 0.25) is 0 Å². The summed E-state index contributed by atoms with van der Waals surface area (Å²) in [6, 6.07) is 8.16. The van der Waals surface area contributed by atoms with E-state index in [1.807, 2.05) is 12.1 Å². The van der Waals surface area contributed by atoms with E-state index in [1.54, 1.807) is 0 Å². The molecule has 19 heavy (non-hydrogen) atoms. The Morgan fingerprint density at radius 3 is 2.47 bits per heavy atom. The predicted molar refractivity (Wildman–Crippen MR) is 79.5 cm³/mol. The van der Waals surface area contributed by atoms with Crippen LogP contribution in [0.25, 0.3) is 0 Å². The number of aliphatic hydroxyl groups is 1. The Hall–Kier alpha value is -1.06. The number of hydrogen-bond donors (Lipinski definition) is 2. The number of benzene rings is 1. The molecule has 0 saturated heterocycles. The molecule has 0 amide bonds. The largest absolute Gasteiger partial charge is 0.494 e. The Labute approximate surface area is 117 Å². The lowest BCUT2D eigenvalue weighted by atomic mass is 10.2. The first-order valence-electron chi connectivity index (χ1n) is 7.40. The lowest BCUT2D eigenvalue weighted by molar-refractivity contribution is 0.292. The van der Waals surface area contributed by atoms with E-state index in [4.69, 9.17) is 9.84 Å². The van der Waals surface area contributed by atoms with Gasteiger partial charge in [0.25, 0.3) is 0 Å². The fraction of sp³-hybridized carbons (Fsp3) is 0.625. The van der Waals surface area contributed by atoms with Gasteiger partial charge in [0.05, 0.1) is 13.2 Å². The van der Waals surface area contributed by atoms with Crippen LogP contribution in [-0.4, -0.2) is 24.9 Å². The summed E-state index contributed by atoms with van der Waals surface area (Å²) in [5.41, 5.74) is 1.21. The molecule has 0 saturated carbocycles. The van der Waals surface area contributed by atoms with Crippen LogP contribution in [0, 0.1) is 0 Å². The van der Waals surface area contributed by atoms with Crippen molar-refractivity contribution in [2.24, 2.45) is 0 Å². The first kappa shape index (κ1) is 16.0. The third-order valence-corrected chi connectivity index (χ3v) is 3.06. The molecule has 0 fully saturated rings. The van der Waals surface area contributed by atoms with E-state index in [0.717, 1.165) is 25.3 Å². The number of ether oxygens (including phenoxy) is 1. The Morgan fingerprint density at radius 2 is 1.79 bits per heavy atom. The molecule has 1 aromatic carbocycles. The Kier molecular flexibility index (Phi) is 9.11. The molecule has 0 atom stereocenters. The van der Waals surface area contributed by atoms with E-state index in [-0.39, 0.29) is 6.61 Å². The molecule has 0 bridgehead atoms. The normalized spacial score (nSPS) is 10.6. The highest BCUT2D eigenvalue weighted by molar-refractivity contribution is 5.27. The van der Waals surface area contributed by atoms with Gasteiger partial charge >= 0.3 is 0 Å². The second-order valence-corrected chi connectivity index (χ2v) is 4.81. The molecule has 0 aliphatic carbocycles. The summed E-state index contributed by atoms with van der Waals surface area (Å²) in [5, 5.41) is 11.8. The standard InChI is InChI=1S/C16H27NO2/c1-2-3-4-5-6-13-19-16-9-7-15(8-10-16)14-17-11-12-18/h7-10,17-18H,2-6,11-14H2,1H3. The zero-order valence-corrected chi connectivity index (χ0v) is 12.0. The van der Waals surface area contributed by atoms with Gasteiger partial charge in [0, 0.05) is 13.1 Å². The summed E-state index contributed by atoms with van der Waals surface area (Å²) < 4.78 is 5.71. The van der Waals surface area contributed by atoms with Crippen LogP contribution in [0.3, 0.4) is 0 Å². The number of unbranched alkanes of at least 4 members (excludes halogenated alkanes) is 4. The number of rotatable bonds is 11. The first-order chi connectivity index (χ1) is 9.36. The Bertz CT molecular complexity index is 311. The highest BCUT2D eigenvalue weighted by atomic mass is 16.5. The second kappa shape index (κ2) is 10.8. The molecule has 0 unspecified atom stereocenters. The average Bonchev–Trinajstić information content (AvgIpc) is 2.44. The van der Waals surface area contributed by atoms with E-state index < -0.39 is 0 Å². The van der Waals surface area contributed by atoms with Gasteiger partial charge in [0.1, 0.15) is 5.75 Å². The number of nitrogens with one attached hydrogen (secondary N) is 1. The molecule has 3 nitrogen and oxygen atoms in total. The van der Waals surface area contributed by atoms with Gasteiger partial charge in [-0.05, 0) is 24.1 Å². The SMILES string of the molecule is CCCCCCCOc1ccc(CNCCO)cc1. The zero-order valence-electron chi connectivity index (χ0n) is 12.0. The van der Waals surface area contributed by atoms with Crippen LogP contribution in [0.2, 0.25) is 0 Å². The Balaban J connectivity index is 2.13. The van der Waals surface area contributed by atoms with Gasteiger partial charge in [-0.2, -0.15) is 0 Å². The van der Waals surface area contributed by atoms with Crippen molar-refractivity contribution in [3.05, 3.63) is 29.8 Å². The van der Waals surface area contributed by atoms with Crippen molar-refractivity contribution in [3.63, 3.8) is 0 Å². The second-order valence-electron chi connectivity index (χ2n) is 4.81. The van der Waals surface area contributed by atoms with Gasteiger partial charge < -0.3 is 15.2 Å². The predicted octanol–water partition coefficient (Wildman–Crippen LogP) is 3.12. The molecule has 1 aromatic rings. The topological polar surface area (TPSA) is 41.5 Å². The molecule has 0 spiro atoms. The van der Waals surface area contributed by atoms with Crippen molar-refractivity contribution in [2.45, 2.75) is 45.6 Å². The summed E-state index contributed by atoms with van der Waals surface area (Å²) in [4.78, 5) is 0. The average molecular weight is 265 g/mol. The number of hydrogen-bond acceptors (Lipinski definition) is 3. The fourth-order valence-electron chi connectivity index (χ4n) is 1.91. The van der Waals surface area contributed by atoms with E-state index in [2.05, 4.69) is 24.4 Å². The van der Waals surface area contributed by atoms with Crippen LogP contribution in [0.1, 0.15) is 44.6 Å². The third-order valence-electron chi connectivity index (χ3n) is 3.06. The lowest BCUT2D eigenvalue weighted by Crippen LogP contribution is -2.17. The van der Waals surface area contributed by atoms with Crippen LogP contribution in [-0.2, 0) is 6.54 Å². The molecule has 2 N–H and O–H groups in total. The highest BCUT2D eigenvalue weighted by Gasteiger charge is 1.96. The maximum absolute atomic E-state index is 8.68. The smallest absolute Gasteiger partial charge is 0.119 e. The minimum absolute atomic E-state index is 0.180. The van der Waals surface area contributed by atoms with Crippen molar-refractivity contribution >= 4 is 0 Å². The van der Waals surface area contributed by atoms with Crippen molar-refractivity contribution in [1.82, 2.24) is 5.32 Å². The van der Waals surface area contributed by atoms with Crippen LogP contribution in [0.4, 0.5) is 0 Å². The molecule has 0 aromatic heterocycles. The molecular formula is C16H27NO2. The van der Waals surface area contributed by atoms with Crippen LogP contribution in [0.15, 0.2) is 24.3 Å². The molecule has 3 heteroatoms. The first-order valence-corrected chi connectivity index (χ1v) is 7.40. The fourth-order valence-corrected chi connectivity index (χ4v) is 1.91. The van der Waals surface area contributed by atoms with Gasteiger partial charge in [-0.15, -0.1) is 0 Å². The van der Waals surface area contributed by atoms with E-state index in [1.165, 1.54) is 31.2 Å².